The van der Waals surface area contributed by atoms with Crippen molar-refractivity contribution < 1.29 is 17.9 Å². The Morgan fingerprint density at radius 3 is 2.17 bits per heavy atom. The molecule has 1 amide bonds. The summed E-state index contributed by atoms with van der Waals surface area (Å²) in [6, 6.07) is 6.47. The smallest absolute Gasteiger partial charge is 0.243 e. The van der Waals surface area contributed by atoms with Crippen molar-refractivity contribution in [2.24, 2.45) is 0 Å². The number of carbonyl (C=O) groups is 1. The maximum absolute atomic E-state index is 12.6. The maximum atomic E-state index is 12.6. The van der Waals surface area contributed by atoms with Gasteiger partial charge in [0, 0.05) is 32.6 Å². The molecule has 0 spiro atoms. The van der Waals surface area contributed by atoms with E-state index in [1.807, 2.05) is 20.8 Å². The molecule has 7 heteroatoms. The molecule has 23 heavy (non-hydrogen) atoms. The fourth-order valence-electron chi connectivity index (χ4n) is 2.51. The average molecular weight is 340 g/mol. The Morgan fingerprint density at radius 2 is 1.70 bits per heavy atom. The lowest BCUT2D eigenvalue weighted by Crippen LogP contribution is -2.50. The Bertz CT molecular complexity index is 633. The van der Waals surface area contributed by atoms with E-state index in [-0.39, 0.29) is 16.9 Å². The lowest BCUT2D eigenvalue weighted by Gasteiger charge is -2.33. The summed E-state index contributed by atoms with van der Waals surface area (Å²) in [6.07, 6.45) is 0.492. The number of piperazine rings is 1. The zero-order valence-corrected chi connectivity index (χ0v) is 14.7. The number of hydrogen-bond donors (Lipinski definition) is 0. The van der Waals surface area contributed by atoms with Crippen LogP contribution in [0.25, 0.3) is 0 Å². The molecule has 0 saturated carbocycles. The summed E-state index contributed by atoms with van der Waals surface area (Å²) in [7, 11) is -3.52. The Balaban J connectivity index is 2.06. The molecule has 0 aromatic heterocycles. The van der Waals surface area contributed by atoms with Crippen LogP contribution in [0.4, 0.5) is 0 Å². The van der Waals surface area contributed by atoms with Crippen molar-refractivity contribution in [1.82, 2.24) is 9.21 Å². The fraction of sp³-hybridized carbons (Fsp3) is 0.562. The summed E-state index contributed by atoms with van der Waals surface area (Å²) in [5.41, 5.74) is 0. The van der Waals surface area contributed by atoms with E-state index in [0.29, 0.717) is 38.3 Å². The van der Waals surface area contributed by atoms with Crippen molar-refractivity contribution >= 4 is 15.9 Å². The second-order valence-corrected chi connectivity index (χ2v) is 7.71. The van der Waals surface area contributed by atoms with E-state index >= 15 is 0 Å². The van der Waals surface area contributed by atoms with Gasteiger partial charge in [0.25, 0.3) is 0 Å². The zero-order valence-electron chi connectivity index (χ0n) is 13.9. The molecule has 0 bridgehead atoms. The number of benzene rings is 1. The van der Waals surface area contributed by atoms with Crippen LogP contribution in [0.2, 0.25) is 0 Å². The van der Waals surface area contributed by atoms with Gasteiger partial charge in [0.1, 0.15) is 5.75 Å². The predicted octanol–water partition coefficient (Wildman–Crippen LogP) is 1.72. The Labute approximate surface area is 138 Å². The monoisotopic (exact) mass is 340 g/mol. The molecule has 0 atom stereocenters. The van der Waals surface area contributed by atoms with Crippen LogP contribution in [0.3, 0.4) is 0 Å². The molecule has 1 aliphatic heterocycles. The van der Waals surface area contributed by atoms with Gasteiger partial charge < -0.3 is 9.64 Å². The minimum Gasteiger partial charge on any atom is -0.491 e. The normalized spacial score (nSPS) is 16.6. The van der Waals surface area contributed by atoms with Crippen LogP contribution in [0.5, 0.6) is 5.75 Å². The van der Waals surface area contributed by atoms with Crippen LogP contribution < -0.4 is 4.74 Å². The second kappa shape index (κ2) is 7.31. The summed E-state index contributed by atoms with van der Waals surface area (Å²) in [5, 5.41) is 0. The van der Waals surface area contributed by atoms with Crippen molar-refractivity contribution in [2.75, 3.05) is 26.2 Å². The molecular formula is C16H24N2O4S. The number of ether oxygens (including phenoxy) is 1. The summed E-state index contributed by atoms with van der Waals surface area (Å²) < 4.78 is 32.3. The third kappa shape index (κ3) is 4.23. The van der Waals surface area contributed by atoms with Gasteiger partial charge in [-0.3, -0.25) is 4.79 Å². The number of hydrogen-bond acceptors (Lipinski definition) is 4. The first-order chi connectivity index (χ1) is 10.8. The Hall–Kier alpha value is -1.60. The molecule has 0 unspecified atom stereocenters. The van der Waals surface area contributed by atoms with E-state index in [0.717, 1.165) is 0 Å². The molecule has 0 aliphatic carbocycles. The van der Waals surface area contributed by atoms with Crippen LogP contribution in [-0.4, -0.2) is 55.8 Å². The zero-order chi connectivity index (χ0) is 17.0. The van der Waals surface area contributed by atoms with E-state index < -0.39 is 10.0 Å². The highest BCUT2D eigenvalue weighted by molar-refractivity contribution is 7.89. The van der Waals surface area contributed by atoms with Gasteiger partial charge in [0.15, 0.2) is 0 Å². The van der Waals surface area contributed by atoms with Crippen LogP contribution in [0.15, 0.2) is 29.2 Å². The summed E-state index contributed by atoms with van der Waals surface area (Å²) in [4.78, 5) is 13.6. The van der Waals surface area contributed by atoms with E-state index in [1.165, 1.54) is 4.31 Å². The minimum atomic E-state index is -3.52. The number of rotatable bonds is 5. The summed E-state index contributed by atoms with van der Waals surface area (Å²) in [6.45, 7) is 7.20. The highest BCUT2D eigenvalue weighted by Gasteiger charge is 2.29. The summed E-state index contributed by atoms with van der Waals surface area (Å²) in [5.74, 6) is 0.717. The Morgan fingerprint density at radius 1 is 1.13 bits per heavy atom. The van der Waals surface area contributed by atoms with E-state index in [2.05, 4.69) is 0 Å². The number of nitrogens with zero attached hydrogens (tertiary/aromatic N) is 2. The van der Waals surface area contributed by atoms with E-state index in [4.69, 9.17) is 4.74 Å². The van der Waals surface area contributed by atoms with Crippen molar-refractivity contribution in [3.63, 3.8) is 0 Å². The lowest BCUT2D eigenvalue weighted by molar-refractivity contribution is -0.132. The van der Waals surface area contributed by atoms with Gasteiger partial charge in [0.2, 0.25) is 15.9 Å². The van der Waals surface area contributed by atoms with Gasteiger partial charge in [-0.05, 0) is 38.1 Å². The van der Waals surface area contributed by atoms with Crippen molar-refractivity contribution in [2.45, 2.75) is 38.2 Å². The first-order valence-corrected chi connectivity index (χ1v) is 9.33. The van der Waals surface area contributed by atoms with Crippen LogP contribution in [0.1, 0.15) is 27.2 Å². The van der Waals surface area contributed by atoms with Gasteiger partial charge in [-0.25, -0.2) is 8.42 Å². The quantitative estimate of drug-likeness (QED) is 0.818. The van der Waals surface area contributed by atoms with Gasteiger partial charge in [-0.2, -0.15) is 4.31 Å². The SMILES string of the molecule is CCC(=O)N1CCN(S(=O)(=O)c2ccc(OC(C)C)cc2)CC1. The second-order valence-electron chi connectivity index (χ2n) is 5.78. The molecular weight excluding hydrogens is 316 g/mol. The lowest BCUT2D eigenvalue weighted by atomic mass is 10.3. The number of sulfonamides is 1. The molecule has 1 saturated heterocycles. The molecule has 6 nitrogen and oxygen atoms in total. The number of amides is 1. The molecule has 1 aromatic rings. The third-order valence-electron chi connectivity index (χ3n) is 3.73. The van der Waals surface area contributed by atoms with Gasteiger partial charge in [-0.1, -0.05) is 6.92 Å². The molecule has 2 rings (SSSR count). The summed E-state index contributed by atoms with van der Waals surface area (Å²) >= 11 is 0. The van der Waals surface area contributed by atoms with Gasteiger partial charge >= 0.3 is 0 Å². The average Bonchev–Trinajstić information content (AvgIpc) is 2.54. The molecule has 1 aliphatic rings. The van der Waals surface area contributed by atoms with Crippen molar-refractivity contribution in [3.8, 4) is 5.75 Å². The topological polar surface area (TPSA) is 66.9 Å². The molecule has 1 heterocycles. The number of carbonyl (C=O) groups excluding carboxylic acids is 1. The standard InChI is InChI=1S/C16H24N2O4S/c1-4-16(19)17-9-11-18(12-10-17)23(20,21)15-7-5-14(6-8-15)22-13(2)3/h5-8,13H,4,9-12H2,1-3H3. The van der Waals surface area contributed by atoms with E-state index in [9.17, 15) is 13.2 Å². The Kier molecular flexibility index (Phi) is 5.64. The van der Waals surface area contributed by atoms with Crippen molar-refractivity contribution in [3.05, 3.63) is 24.3 Å². The molecule has 128 valence electrons. The van der Waals surface area contributed by atoms with Crippen LogP contribution in [-0.2, 0) is 14.8 Å². The highest BCUT2D eigenvalue weighted by Crippen LogP contribution is 2.21. The van der Waals surface area contributed by atoms with Crippen LogP contribution >= 0.6 is 0 Å². The molecule has 1 aromatic carbocycles. The molecule has 1 fully saturated rings. The molecule has 0 N–H and O–H groups in total. The first-order valence-electron chi connectivity index (χ1n) is 7.89. The predicted molar refractivity (Wildman–Crippen MR) is 87.8 cm³/mol. The van der Waals surface area contributed by atoms with Gasteiger partial charge in [0.05, 0.1) is 11.0 Å². The highest BCUT2D eigenvalue weighted by atomic mass is 32.2. The van der Waals surface area contributed by atoms with Crippen LogP contribution in [0, 0.1) is 0 Å². The minimum absolute atomic E-state index is 0.0432. The van der Waals surface area contributed by atoms with Gasteiger partial charge in [-0.15, -0.1) is 0 Å². The fourth-order valence-corrected chi connectivity index (χ4v) is 3.94. The first kappa shape index (κ1) is 17.7. The largest absolute Gasteiger partial charge is 0.491 e. The maximum Gasteiger partial charge on any atom is 0.243 e. The third-order valence-corrected chi connectivity index (χ3v) is 5.64. The molecule has 0 radical (unpaired) electrons. The van der Waals surface area contributed by atoms with Crippen molar-refractivity contribution in [1.29, 1.82) is 0 Å². The van der Waals surface area contributed by atoms with E-state index in [1.54, 1.807) is 29.2 Å².